The Balaban J connectivity index is 1.42. The van der Waals surface area contributed by atoms with Gasteiger partial charge in [0.15, 0.2) is 0 Å². The molecule has 2 aromatic rings. The summed E-state index contributed by atoms with van der Waals surface area (Å²) in [4.78, 5) is 27.1. The van der Waals surface area contributed by atoms with Crippen molar-refractivity contribution in [2.24, 2.45) is 0 Å². The van der Waals surface area contributed by atoms with Crippen molar-refractivity contribution < 1.29 is 14.3 Å². The molecule has 0 spiro atoms. The third-order valence-corrected chi connectivity index (χ3v) is 5.76. The van der Waals surface area contributed by atoms with E-state index in [-0.39, 0.29) is 17.5 Å². The van der Waals surface area contributed by atoms with Crippen LogP contribution in [0.1, 0.15) is 31.2 Å². The van der Waals surface area contributed by atoms with Gasteiger partial charge in [-0.05, 0) is 55.5 Å². The molecule has 3 amide bonds. The zero-order valence-corrected chi connectivity index (χ0v) is 16.0. The lowest BCUT2D eigenvalue weighted by molar-refractivity contribution is -0.118. The molecule has 1 atom stereocenters. The van der Waals surface area contributed by atoms with Crippen molar-refractivity contribution in [2.75, 3.05) is 18.6 Å². The predicted molar refractivity (Wildman–Crippen MR) is 107 cm³/mol. The molecule has 2 aliphatic rings. The quantitative estimate of drug-likeness (QED) is 0.838. The molecular weight excluding hydrogens is 354 g/mol. The number of para-hydroxylation sites is 1. The molecule has 146 valence electrons. The van der Waals surface area contributed by atoms with E-state index in [1.165, 1.54) is 0 Å². The summed E-state index contributed by atoms with van der Waals surface area (Å²) >= 11 is 0. The summed E-state index contributed by atoms with van der Waals surface area (Å²) in [7, 11) is 1.64. The van der Waals surface area contributed by atoms with Crippen LogP contribution >= 0.6 is 0 Å². The Labute approximate surface area is 164 Å². The van der Waals surface area contributed by atoms with Crippen molar-refractivity contribution >= 4 is 17.6 Å². The molecule has 2 fully saturated rings. The number of hydrogen-bond acceptors (Lipinski definition) is 3. The standard InChI is InChI=1S/C22H25N3O3/c1-28-18-10-5-7-16(15-18)22(12-6-13-22)24-21(27)23-19-11-14-25(20(19)26)17-8-3-2-4-9-17/h2-5,7-10,15,19H,6,11-14H2,1H3,(H2,23,24,27). The predicted octanol–water partition coefficient (Wildman–Crippen LogP) is 3.18. The highest BCUT2D eigenvalue weighted by molar-refractivity contribution is 6.01. The first-order valence-electron chi connectivity index (χ1n) is 9.71. The molecule has 1 unspecified atom stereocenters. The van der Waals surface area contributed by atoms with Crippen LogP contribution in [0.2, 0.25) is 0 Å². The molecule has 1 saturated carbocycles. The first-order chi connectivity index (χ1) is 13.6. The zero-order valence-electron chi connectivity index (χ0n) is 16.0. The van der Waals surface area contributed by atoms with Gasteiger partial charge in [0.1, 0.15) is 11.8 Å². The van der Waals surface area contributed by atoms with E-state index in [9.17, 15) is 9.59 Å². The molecule has 6 nitrogen and oxygen atoms in total. The lowest BCUT2D eigenvalue weighted by atomic mass is 9.72. The van der Waals surface area contributed by atoms with Gasteiger partial charge in [0.2, 0.25) is 5.91 Å². The van der Waals surface area contributed by atoms with Gasteiger partial charge in [0.25, 0.3) is 0 Å². The van der Waals surface area contributed by atoms with Gasteiger partial charge in [-0.3, -0.25) is 4.79 Å². The minimum atomic E-state index is -0.498. The Hall–Kier alpha value is -3.02. The number of nitrogens with one attached hydrogen (secondary N) is 2. The Kier molecular flexibility index (Phi) is 4.94. The highest BCUT2D eigenvalue weighted by atomic mass is 16.5. The summed E-state index contributed by atoms with van der Waals surface area (Å²) < 4.78 is 5.32. The van der Waals surface area contributed by atoms with Crippen LogP contribution in [0.4, 0.5) is 10.5 Å². The number of urea groups is 1. The van der Waals surface area contributed by atoms with Crippen LogP contribution in [0.5, 0.6) is 5.75 Å². The maximum Gasteiger partial charge on any atom is 0.316 e. The third kappa shape index (κ3) is 3.42. The summed E-state index contributed by atoms with van der Waals surface area (Å²) in [6.07, 6.45) is 3.42. The summed E-state index contributed by atoms with van der Waals surface area (Å²) in [6.45, 7) is 0.606. The molecule has 4 rings (SSSR count). The number of anilines is 1. The lowest BCUT2D eigenvalue weighted by Crippen LogP contribution is -2.56. The number of nitrogens with zero attached hydrogens (tertiary/aromatic N) is 1. The van der Waals surface area contributed by atoms with Gasteiger partial charge in [0, 0.05) is 12.2 Å². The normalized spacial score (nSPS) is 20.4. The van der Waals surface area contributed by atoms with Crippen LogP contribution in [-0.4, -0.2) is 31.6 Å². The van der Waals surface area contributed by atoms with Gasteiger partial charge in [-0.2, -0.15) is 0 Å². The molecular formula is C22H25N3O3. The van der Waals surface area contributed by atoms with Crippen molar-refractivity contribution in [3.05, 3.63) is 60.2 Å². The molecule has 1 aliphatic carbocycles. The number of benzene rings is 2. The maximum absolute atomic E-state index is 12.7. The van der Waals surface area contributed by atoms with Gasteiger partial charge in [-0.25, -0.2) is 4.79 Å². The first kappa shape index (κ1) is 18.3. The molecule has 28 heavy (non-hydrogen) atoms. The Morgan fingerprint density at radius 1 is 1.14 bits per heavy atom. The smallest absolute Gasteiger partial charge is 0.316 e. The number of carbonyl (C=O) groups excluding carboxylic acids is 2. The topological polar surface area (TPSA) is 70.7 Å². The number of rotatable bonds is 5. The van der Waals surface area contributed by atoms with Crippen LogP contribution < -0.4 is 20.3 Å². The fourth-order valence-corrected chi connectivity index (χ4v) is 4.03. The molecule has 2 aromatic carbocycles. The van der Waals surface area contributed by atoms with E-state index < -0.39 is 6.04 Å². The van der Waals surface area contributed by atoms with Crippen molar-refractivity contribution in [3.8, 4) is 5.75 Å². The van der Waals surface area contributed by atoms with Crippen molar-refractivity contribution in [3.63, 3.8) is 0 Å². The van der Waals surface area contributed by atoms with E-state index in [1.807, 2.05) is 54.6 Å². The third-order valence-electron chi connectivity index (χ3n) is 5.76. The molecule has 1 aliphatic heterocycles. The molecule has 1 saturated heterocycles. The van der Waals surface area contributed by atoms with Gasteiger partial charge < -0.3 is 20.3 Å². The molecule has 1 heterocycles. The number of methoxy groups -OCH3 is 1. The van der Waals surface area contributed by atoms with E-state index in [4.69, 9.17) is 4.74 Å². The van der Waals surface area contributed by atoms with Crippen molar-refractivity contribution in [2.45, 2.75) is 37.3 Å². The molecule has 0 aromatic heterocycles. The van der Waals surface area contributed by atoms with Gasteiger partial charge in [0.05, 0.1) is 12.6 Å². The Morgan fingerprint density at radius 3 is 2.61 bits per heavy atom. The van der Waals surface area contributed by atoms with E-state index in [0.717, 1.165) is 36.3 Å². The SMILES string of the molecule is COc1cccc(C2(NC(=O)NC3CCN(c4ccccc4)C3=O)CCC2)c1. The summed E-state index contributed by atoms with van der Waals surface area (Å²) in [5.41, 5.74) is 1.51. The van der Waals surface area contributed by atoms with Crippen molar-refractivity contribution in [1.82, 2.24) is 10.6 Å². The Morgan fingerprint density at radius 2 is 1.93 bits per heavy atom. The number of carbonyl (C=O) groups is 2. The maximum atomic E-state index is 12.7. The van der Waals surface area contributed by atoms with Crippen LogP contribution in [0.15, 0.2) is 54.6 Å². The minimum Gasteiger partial charge on any atom is -0.497 e. The van der Waals surface area contributed by atoms with E-state index >= 15 is 0 Å². The highest BCUT2D eigenvalue weighted by Crippen LogP contribution is 2.42. The number of amides is 3. The molecule has 0 bridgehead atoms. The van der Waals surface area contributed by atoms with Crippen molar-refractivity contribution in [1.29, 1.82) is 0 Å². The fraction of sp³-hybridized carbons (Fsp3) is 0.364. The van der Waals surface area contributed by atoms with Gasteiger partial charge in [-0.1, -0.05) is 30.3 Å². The van der Waals surface area contributed by atoms with Crippen LogP contribution in [0, 0.1) is 0 Å². The van der Waals surface area contributed by atoms with Crippen LogP contribution in [0.3, 0.4) is 0 Å². The fourth-order valence-electron chi connectivity index (χ4n) is 4.03. The van der Waals surface area contributed by atoms with E-state index in [0.29, 0.717) is 13.0 Å². The van der Waals surface area contributed by atoms with Gasteiger partial charge >= 0.3 is 6.03 Å². The first-order valence-corrected chi connectivity index (χ1v) is 9.71. The average Bonchev–Trinajstić information content (AvgIpc) is 3.05. The lowest BCUT2D eigenvalue weighted by Gasteiger charge is -2.43. The van der Waals surface area contributed by atoms with E-state index in [1.54, 1.807) is 12.0 Å². The molecule has 6 heteroatoms. The number of hydrogen-bond donors (Lipinski definition) is 2. The summed E-state index contributed by atoms with van der Waals surface area (Å²) in [6, 6.07) is 16.6. The molecule has 0 radical (unpaired) electrons. The zero-order chi connectivity index (χ0) is 19.6. The van der Waals surface area contributed by atoms with Gasteiger partial charge in [-0.15, -0.1) is 0 Å². The average molecular weight is 379 g/mol. The summed E-state index contributed by atoms with van der Waals surface area (Å²) in [5, 5.41) is 6.00. The number of ether oxygens (including phenoxy) is 1. The molecule has 2 N–H and O–H groups in total. The van der Waals surface area contributed by atoms with E-state index in [2.05, 4.69) is 10.6 Å². The second kappa shape index (κ2) is 7.54. The summed E-state index contributed by atoms with van der Waals surface area (Å²) in [5.74, 6) is 0.709. The minimum absolute atomic E-state index is 0.0645. The highest BCUT2D eigenvalue weighted by Gasteiger charge is 2.41. The largest absolute Gasteiger partial charge is 0.497 e. The second-order valence-electron chi connectivity index (χ2n) is 7.43. The Bertz CT molecular complexity index is 864. The monoisotopic (exact) mass is 379 g/mol. The van der Waals surface area contributed by atoms with Crippen LogP contribution in [0.25, 0.3) is 0 Å². The second-order valence-corrected chi connectivity index (χ2v) is 7.43. The van der Waals surface area contributed by atoms with Crippen LogP contribution in [-0.2, 0) is 10.3 Å².